The molecule has 0 unspecified atom stereocenters. The van der Waals surface area contributed by atoms with Crippen LogP contribution in [0.4, 0.5) is 0 Å². The second-order valence-electron chi connectivity index (χ2n) is 4.17. The Morgan fingerprint density at radius 2 is 1.87 bits per heavy atom. The van der Waals surface area contributed by atoms with Crippen molar-refractivity contribution in [2.24, 2.45) is 0 Å². The summed E-state index contributed by atoms with van der Waals surface area (Å²) in [5, 5.41) is 3.56. The van der Waals surface area contributed by atoms with E-state index in [0.29, 0.717) is 6.04 Å². The van der Waals surface area contributed by atoms with Crippen molar-refractivity contribution in [3.63, 3.8) is 0 Å². The fourth-order valence-corrected chi connectivity index (χ4v) is 1.87. The summed E-state index contributed by atoms with van der Waals surface area (Å²) in [7, 11) is 0. The summed E-state index contributed by atoms with van der Waals surface area (Å²) in [6.07, 6.45) is 5.00. The van der Waals surface area contributed by atoms with Gasteiger partial charge in [0, 0.05) is 6.04 Å². The van der Waals surface area contributed by atoms with Crippen molar-refractivity contribution in [2.75, 3.05) is 0 Å². The zero-order valence-electron chi connectivity index (χ0n) is 10.2. The van der Waals surface area contributed by atoms with E-state index in [9.17, 15) is 0 Å². The van der Waals surface area contributed by atoms with Crippen LogP contribution in [0.2, 0.25) is 0 Å². The van der Waals surface area contributed by atoms with Gasteiger partial charge in [-0.15, -0.1) is 0 Å². The molecule has 0 fully saturated rings. The van der Waals surface area contributed by atoms with E-state index in [4.69, 9.17) is 4.42 Å². The number of nitrogens with one attached hydrogen (secondary N) is 1. The van der Waals surface area contributed by atoms with Crippen LogP contribution < -0.4 is 5.32 Å². The Labute approximate surface area is 93.1 Å². The minimum atomic E-state index is 0.644. The van der Waals surface area contributed by atoms with Crippen molar-refractivity contribution in [3.05, 3.63) is 23.7 Å². The lowest BCUT2D eigenvalue weighted by Crippen LogP contribution is -2.28. The average molecular weight is 209 g/mol. The predicted octanol–water partition coefficient (Wildman–Crippen LogP) is 3.65. The van der Waals surface area contributed by atoms with E-state index < -0.39 is 0 Å². The molecule has 1 aromatic heterocycles. The first-order valence-electron chi connectivity index (χ1n) is 6.05. The van der Waals surface area contributed by atoms with E-state index in [1.807, 2.05) is 13.0 Å². The van der Waals surface area contributed by atoms with Gasteiger partial charge in [-0.1, -0.05) is 26.7 Å². The summed E-state index contributed by atoms with van der Waals surface area (Å²) >= 11 is 0. The summed E-state index contributed by atoms with van der Waals surface area (Å²) in [4.78, 5) is 0. The lowest BCUT2D eigenvalue weighted by molar-refractivity contribution is 0.401. The molecule has 0 aliphatic heterocycles. The van der Waals surface area contributed by atoms with Gasteiger partial charge in [-0.05, 0) is 31.9 Å². The third-order valence-electron chi connectivity index (χ3n) is 2.64. The number of aryl methyl sites for hydroxylation is 1. The van der Waals surface area contributed by atoms with Crippen LogP contribution in [0.15, 0.2) is 16.5 Å². The highest BCUT2D eigenvalue weighted by Crippen LogP contribution is 2.09. The topological polar surface area (TPSA) is 25.2 Å². The molecule has 0 radical (unpaired) electrons. The van der Waals surface area contributed by atoms with Gasteiger partial charge in [0.05, 0.1) is 6.54 Å². The van der Waals surface area contributed by atoms with E-state index in [1.54, 1.807) is 0 Å². The first-order chi connectivity index (χ1) is 7.26. The first-order valence-corrected chi connectivity index (χ1v) is 6.05. The minimum absolute atomic E-state index is 0.644. The third-order valence-corrected chi connectivity index (χ3v) is 2.64. The number of furan rings is 1. The van der Waals surface area contributed by atoms with Gasteiger partial charge in [0.25, 0.3) is 0 Å². The zero-order chi connectivity index (χ0) is 11.1. The highest BCUT2D eigenvalue weighted by atomic mass is 16.3. The van der Waals surface area contributed by atoms with E-state index >= 15 is 0 Å². The maximum Gasteiger partial charge on any atom is 0.117 e. The molecule has 2 heteroatoms. The first kappa shape index (κ1) is 12.3. The van der Waals surface area contributed by atoms with Crippen molar-refractivity contribution in [1.29, 1.82) is 0 Å². The van der Waals surface area contributed by atoms with Crippen molar-refractivity contribution in [1.82, 2.24) is 5.32 Å². The molecule has 0 aliphatic rings. The van der Waals surface area contributed by atoms with Crippen LogP contribution in [-0.2, 0) is 6.54 Å². The van der Waals surface area contributed by atoms with Gasteiger partial charge in [0.2, 0.25) is 0 Å². The molecule has 1 N–H and O–H groups in total. The SMILES string of the molecule is CCCC(CCC)NCc1ccc(C)o1. The Morgan fingerprint density at radius 3 is 2.33 bits per heavy atom. The van der Waals surface area contributed by atoms with Crippen LogP contribution in [0.25, 0.3) is 0 Å². The van der Waals surface area contributed by atoms with E-state index in [-0.39, 0.29) is 0 Å². The summed E-state index contributed by atoms with van der Waals surface area (Å²) in [5.41, 5.74) is 0. The second-order valence-corrected chi connectivity index (χ2v) is 4.17. The van der Waals surface area contributed by atoms with Gasteiger partial charge in [0.15, 0.2) is 0 Å². The Morgan fingerprint density at radius 1 is 1.20 bits per heavy atom. The van der Waals surface area contributed by atoms with Crippen LogP contribution in [0, 0.1) is 6.92 Å². The van der Waals surface area contributed by atoms with Crippen molar-refractivity contribution >= 4 is 0 Å². The van der Waals surface area contributed by atoms with E-state index in [0.717, 1.165) is 18.1 Å². The second kappa shape index (κ2) is 6.67. The van der Waals surface area contributed by atoms with Crippen molar-refractivity contribution < 1.29 is 4.42 Å². The normalized spacial score (nSPS) is 11.2. The van der Waals surface area contributed by atoms with Crippen LogP contribution >= 0.6 is 0 Å². The van der Waals surface area contributed by atoms with Crippen molar-refractivity contribution in [2.45, 2.75) is 59.0 Å². The van der Waals surface area contributed by atoms with Crippen LogP contribution in [-0.4, -0.2) is 6.04 Å². The molecule has 0 spiro atoms. The molecule has 0 saturated heterocycles. The molecule has 2 nitrogen and oxygen atoms in total. The van der Waals surface area contributed by atoms with Gasteiger partial charge in [-0.2, -0.15) is 0 Å². The lowest BCUT2D eigenvalue weighted by Gasteiger charge is -2.16. The zero-order valence-corrected chi connectivity index (χ0v) is 10.2. The monoisotopic (exact) mass is 209 g/mol. The highest BCUT2D eigenvalue weighted by Gasteiger charge is 2.06. The third kappa shape index (κ3) is 4.52. The smallest absolute Gasteiger partial charge is 0.117 e. The maximum absolute atomic E-state index is 5.53. The summed E-state index contributed by atoms with van der Waals surface area (Å²) in [5.74, 6) is 2.04. The van der Waals surface area contributed by atoms with Crippen LogP contribution in [0.1, 0.15) is 51.1 Å². The number of rotatable bonds is 7. The van der Waals surface area contributed by atoms with Gasteiger partial charge in [0.1, 0.15) is 11.5 Å². The molecule has 1 heterocycles. The molecular weight excluding hydrogens is 186 g/mol. The van der Waals surface area contributed by atoms with Crippen molar-refractivity contribution in [3.8, 4) is 0 Å². The van der Waals surface area contributed by atoms with Gasteiger partial charge < -0.3 is 9.73 Å². The van der Waals surface area contributed by atoms with Gasteiger partial charge >= 0.3 is 0 Å². The number of hydrogen-bond acceptors (Lipinski definition) is 2. The quantitative estimate of drug-likeness (QED) is 0.741. The Kier molecular flexibility index (Phi) is 5.48. The molecule has 1 aromatic rings. The molecule has 0 aromatic carbocycles. The van der Waals surface area contributed by atoms with Crippen LogP contribution in [0.3, 0.4) is 0 Å². The average Bonchev–Trinajstić information content (AvgIpc) is 2.61. The largest absolute Gasteiger partial charge is 0.465 e. The fourth-order valence-electron chi connectivity index (χ4n) is 1.87. The maximum atomic E-state index is 5.53. The van der Waals surface area contributed by atoms with E-state index in [2.05, 4.69) is 25.2 Å². The van der Waals surface area contributed by atoms with E-state index in [1.165, 1.54) is 25.7 Å². The van der Waals surface area contributed by atoms with Crippen LogP contribution in [0.5, 0.6) is 0 Å². The molecule has 0 aliphatic carbocycles. The summed E-state index contributed by atoms with van der Waals surface area (Å²) in [6.45, 7) is 7.32. The lowest BCUT2D eigenvalue weighted by atomic mass is 10.1. The molecule has 1 rings (SSSR count). The Balaban J connectivity index is 2.32. The Bertz CT molecular complexity index is 261. The molecule has 0 atom stereocenters. The summed E-state index contributed by atoms with van der Waals surface area (Å²) < 4.78 is 5.53. The number of hydrogen-bond donors (Lipinski definition) is 1. The van der Waals surface area contributed by atoms with Gasteiger partial charge in [-0.25, -0.2) is 0 Å². The minimum Gasteiger partial charge on any atom is -0.465 e. The standard InChI is InChI=1S/C13H23NO/c1-4-6-12(7-5-2)14-10-13-9-8-11(3)15-13/h8-9,12,14H,4-7,10H2,1-3H3. The molecule has 0 amide bonds. The molecular formula is C13H23NO. The molecule has 15 heavy (non-hydrogen) atoms. The fraction of sp³-hybridized carbons (Fsp3) is 0.692. The predicted molar refractivity (Wildman–Crippen MR) is 63.9 cm³/mol. The molecule has 86 valence electrons. The molecule has 0 saturated carbocycles. The van der Waals surface area contributed by atoms with Gasteiger partial charge in [-0.3, -0.25) is 0 Å². The highest BCUT2D eigenvalue weighted by molar-refractivity contribution is 5.05. The summed E-state index contributed by atoms with van der Waals surface area (Å²) in [6, 6.07) is 4.72. The molecule has 0 bridgehead atoms. The Hall–Kier alpha value is -0.760.